The highest BCUT2D eigenvalue weighted by Crippen LogP contribution is 2.54. The molecule has 0 radical (unpaired) electrons. The Bertz CT molecular complexity index is 379. The van der Waals surface area contributed by atoms with Crippen molar-refractivity contribution in [3.05, 3.63) is 11.1 Å². The van der Waals surface area contributed by atoms with Crippen molar-refractivity contribution in [1.82, 2.24) is 0 Å². The zero-order chi connectivity index (χ0) is 13.5. The van der Waals surface area contributed by atoms with Crippen LogP contribution in [0, 0.1) is 23.2 Å². The van der Waals surface area contributed by atoms with Crippen LogP contribution in [0.2, 0.25) is 0 Å². The summed E-state index contributed by atoms with van der Waals surface area (Å²) in [6, 6.07) is 0. The first-order chi connectivity index (χ1) is 8.34. The lowest BCUT2D eigenvalue weighted by Crippen LogP contribution is -2.42. The molecular formula is C16H26O2. The molecule has 18 heavy (non-hydrogen) atoms. The molecule has 2 aliphatic rings. The summed E-state index contributed by atoms with van der Waals surface area (Å²) in [6.07, 6.45) is 5.89. The third kappa shape index (κ3) is 2.22. The van der Waals surface area contributed by atoms with E-state index in [0.29, 0.717) is 16.9 Å². The van der Waals surface area contributed by atoms with Crippen molar-refractivity contribution >= 4 is 5.97 Å². The van der Waals surface area contributed by atoms with Gasteiger partial charge in [0.05, 0.1) is 0 Å². The molecule has 0 aromatic heterocycles. The summed E-state index contributed by atoms with van der Waals surface area (Å²) in [5.41, 5.74) is 2.15. The minimum Gasteiger partial charge on any atom is -0.478 e. The lowest BCUT2D eigenvalue weighted by molar-refractivity contribution is -0.132. The van der Waals surface area contributed by atoms with Gasteiger partial charge in [0.2, 0.25) is 0 Å². The lowest BCUT2D eigenvalue weighted by Gasteiger charge is -2.51. The SMILES string of the molecule is CC(C(=O)O)=C1CC[C@H]2CC[C@H](C)C(C)(C)[C@@H]2C1. The molecule has 0 bridgehead atoms. The molecule has 2 nitrogen and oxygen atoms in total. The van der Waals surface area contributed by atoms with E-state index in [2.05, 4.69) is 20.8 Å². The van der Waals surface area contributed by atoms with Gasteiger partial charge in [-0.25, -0.2) is 4.79 Å². The van der Waals surface area contributed by atoms with Crippen molar-refractivity contribution in [3.8, 4) is 0 Å². The van der Waals surface area contributed by atoms with E-state index in [9.17, 15) is 4.79 Å². The summed E-state index contributed by atoms with van der Waals surface area (Å²) in [4.78, 5) is 11.1. The van der Waals surface area contributed by atoms with Gasteiger partial charge in [0.15, 0.2) is 0 Å². The highest BCUT2D eigenvalue weighted by Gasteiger charge is 2.45. The van der Waals surface area contributed by atoms with Crippen molar-refractivity contribution < 1.29 is 9.90 Å². The molecule has 2 rings (SSSR count). The maximum absolute atomic E-state index is 11.1. The molecule has 0 spiro atoms. The summed E-state index contributed by atoms with van der Waals surface area (Å²) < 4.78 is 0. The van der Waals surface area contributed by atoms with Gasteiger partial charge in [-0.05, 0) is 62.2 Å². The van der Waals surface area contributed by atoms with Crippen molar-refractivity contribution in [2.24, 2.45) is 23.2 Å². The molecule has 0 unspecified atom stereocenters. The molecule has 0 saturated heterocycles. The first kappa shape index (κ1) is 13.6. The number of carboxylic acid groups (broad SMARTS) is 1. The van der Waals surface area contributed by atoms with E-state index < -0.39 is 5.97 Å². The lowest BCUT2D eigenvalue weighted by atomic mass is 9.54. The van der Waals surface area contributed by atoms with E-state index in [0.717, 1.165) is 24.7 Å². The second kappa shape index (κ2) is 4.71. The average molecular weight is 250 g/mol. The molecule has 2 heteroatoms. The van der Waals surface area contributed by atoms with E-state index in [-0.39, 0.29) is 0 Å². The number of hydrogen-bond acceptors (Lipinski definition) is 1. The summed E-state index contributed by atoms with van der Waals surface area (Å²) in [6.45, 7) is 8.90. The van der Waals surface area contributed by atoms with Crippen LogP contribution in [-0.4, -0.2) is 11.1 Å². The average Bonchev–Trinajstić information content (AvgIpc) is 2.33. The predicted molar refractivity (Wildman–Crippen MR) is 73.3 cm³/mol. The van der Waals surface area contributed by atoms with Gasteiger partial charge in [-0.2, -0.15) is 0 Å². The Morgan fingerprint density at radius 2 is 1.94 bits per heavy atom. The standard InChI is InChI=1S/C16H26O2/c1-10-5-6-12-7-8-13(11(2)15(17)18)9-14(12)16(10,3)4/h10,12,14H,5-9H2,1-4H3,(H,17,18)/t10-,12+,14+/m0/s1. The molecule has 2 aliphatic carbocycles. The van der Waals surface area contributed by atoms with Crippen molar-refractivity contribution in [1.29, 1.82) is 0 Å². The number of fused-ring (bicyclic) bond motifs is 1. The molecule has 102 valence electrons. The van der Waals surface area contributed by atoms with E-state index >= 15 is 0 Å². The number of carbonyl (C=O) groups is 1. The van der Waals surface area contributed by atoms with Crippen LogP contribution >= 0.6 is 0 Å². The highest BCUT2D eigenvalue weighted by atomic mass is 16.4. The number of aliphatic carboxylic acids is 1. The summed E-state index contributed by atoms with van der Waals surface area (Å²) >= 11 is 0. The Morgan fingerprint density at radius 3 is 2.56 bits per heavy atom. The van der Waals surface area contributed by atoms with Gasteiger partial charge in [0, 0.05) is 5.57 Å². The third-order valence-electron chi connectivity index (χ3n) is 5.90. The van der Waals surface area contributed by atoms with Crippen molar-refractivity contribution in [2.75, 3.05) is 0 Å². The largest absolute Gasteiger partial charge is 0.478 e. The van der Waals surface area contributed by atoms with E-state index in [4.69, 9.17) is 5.11 Å². The zero-order valence-corrected chi connectivity index (χ0v) is 12.1. The Kier molecular flexibility index (Phi) is 3.57. The van der Waals surface area contributed by atoms with E-state index in [1.165, 1.54) is 24.8 Å². The van der Waals surface area contributed by atoms with Gasteiger partial charge in [-0.3, -0.25) is 0 Å². The Labute approximate surface area is 110 Å². The molecule has 0 heterocycles. The van der Waals surface area contributed by atoms with Crippen LogP contribution in [0.4, 0.5) is 0 Å². The van der Waals surface area contributed by atoms with Crippen LogP contribution in [0.25, 0.3) is 0 Å². The first-order valence-corrected chi connectivity index (χ1v) is 7.26. The second-order valence-corrected chi connectivity index (χ2v) is 6.94. The van der Waals surface area contributed by atoms with Crippen LogP contribution in [0.15, 0.2) is 11.1 Å². The number of rotatable bonds is 1. The quantitative estimate of drug-likeness (QED) is 0.706. The zero-order valence-electron chi connectivity index (χ0n) is 12.1. The predicted octanol–water partition coefficient (Wildman–Crippen LogP) is 4.26. The molecule has 3 atom stereocenters. The minimum atomic E-state index is -0.731. The van der Waals surface area contributed by atoms with Crippen LogP contribution < -0.4 is 0 Å². The van der Waals surface area contributed by atoms with E-state index in [1.807, 2.05) is 0 Å². The smallest absolute Gasteiger partial charge is 0.331 e. The second-order valence-electron chi connectivity index (χ2n) is 6.94. The molecule has 0 aliphatic heterocycles. The topological polar surface area (TPSA) is 37.3 Å². The molecule has 0 aromatic carbocycles. The molecule has 2 saturated carbocycles. The monoisotopic (exact) mass is 250 g/mol. The van der Waals surface area contributed by atoms with Crippen molar-refractivity contribution in [3.63, 3.8) is 0 Å². The fourth-order valence-electron chi connectivity index (χ4n) is 4.00. The molecule has 0 amide bonds. The van der Waals surface area contributed by atoms with Gasteiger partial charge in [0.1, 0.15) is 0 Å². The van der Waals surface area contributed by atoms with Gasteiger partial charge in [0.25, 0.3) is 0 Å². The Balaban J connectivity index is 2.25. The third-order valence-corrected chi connectivity index (χ3v) is 5.90. The van der Waals surface area contributed by atoms with Gasteiger partial charge < -0.3 is 5.11 Å². The number of allylic oxidation sites excluding steroid dienone is 1. The summed E-state index contributed by atoms with van der Waals surface area (Å²) in [7, 11) is 0. The van der Waals surface area contributed by atoms with Gasteiger partial charge >= 0.3 is 5.97 Å². The van der Waals surface area contributed by atoms with Crippen molar-refractivity contribution in [2.45, 2.75) is 59.8 Å². The Hall–Kier alpha value is -0.790. The fraction of sp³-hybridized carbons (Fsp3) is 0.812. The minimum absolute atomic E-state index is 0.355. The maximum atomic E-state index is 11.1. The molecular weight excluding hydrogens is 224 g/mol. The van der Waals surface area contributed by atoms with Crippen LogP contribution in [-0.2, 0) is 4.79 Å². The fourth-order valence-corrected chi connectivity index (χ4v) is 4.00. The number of hydrogen-bond donors (Lipinski definition) is 1. The van der Waals surface area contributed by atoms with E-state index in [1.54, 1.807) is 6.92 Å². The van der Waals surface area contributed by atoms with Crippen LogP contribution in [0.5, 0.6) is 0 Å². The van der Waals surface area contributed by atoms with Gasteiger partial charge in [-0.1, -0.05) is 26.3 Å². The number of carboxylic acids is 1. The van der Waals surface area contributed by atoms with Gasteiger partial charge in [-0.15, -0.1) is 0 Å². The molecule has 1 N–H and O–H groups in total. The highest BCUT2D eigenvalue weighted by molar-refractivity contribution is 5.86. The maximum Gasteiger partial charge on any atom is 0.331 e. The first-order valence-electron chi connectivity index (χ1n) is 7.26. The summed E-state index contributed by atoms with van der Waals surface area (Å²) in [5.74, 6) is 1.52. The van der Waals surface area contributed by atoms with Crippen LogP contribution in [0.3, 0.4) is 0 Å². The van der Waals surface area contributed by atoms with Crippen LogP contribution in [0.1, 0.15) is 59.8 Å². The molecule has 0 aromatic rings. The molecule has 2 fully saturated rings. The summed E-state index contributed by atoms with van der Waals surface area (Å²) in [5, 5.41) is 9.15. The normalized spacial score (nSPS) is 37.9. The Morgan fingerprint density at radius 1 is 1.28 bits per heavy atom.